The zero-order chi connectivity index (χ0) is 30.6. The number of hydrogen-bond acceptors (Lipinski definition) is 8. The van der Waals surface area contributed by atoms with Gasteiger partial charge in [0.2, 0.25) is 0 Å². The number of hydrogen-bond donors (Lipinski definition) is 5. The van der Waals surface area contributed by atoms with Crippen molar-refractivity contribution in [2.75, 3.05) is 13.7 Å². The number of rotatable bonds is 18. The largest absolute Gasteiger partial charge is 0.506 e. The van der Waals surface area contributed by atoms with Crippen LogP contribution in [0.3, 0.4) is 0 Å². The lowest BCUT2D eigenvalue weighted by atomic mass is 9.85. The molecule has 0 aliphatic heterocycles. The molecule has 0 aliphatic carbocycles. The fraction of sp³-hybridized carbons (Fsp3) is 0.621. The van der Waals surface area contributed by atoms with Crippen molar-refractivity contribution in [3.63, 3.8) is 0 Å². The molecule has 226 valence electrons. The fourth-order valence-electron chi connectivity index (χ4n) is 4.39. The number of methoxy groups -OCH3 is 1. The molecule has 11 heteroatoms. The standard InChI is InChI=1S/C29H44ClNO9/c1-7-9-10-16(3)24(33)18(5)25(34)17(4)13-23(39-6)26(35)27(40-8-2)28(36)31-21(29(37)38)15-19-11-12-22(32)20(30)14-19/h11-14,16,18,21,23-24,26-27,32-33,35H,7-10,15H2,1-6H3,(H,31,36)(H,37,38)/b17-13+/t16-,18+,21-,23?,24+,26-,27?/m1/s1. The number of aliphatic hydroxyl groups is 2. The van der Waals surface area contributed by atoms with Gasteiger partial charge in [-0.15, -0.1) is 0 Å². The number of ether oxygens (including phenoxy) is 2. The Morgan fingerprint density at radius 2 is 1.77 bits per heavy atom. The maximum atomic E-state index is 13.1. The average molecular weight is 586 g/mol. The van der Waals surface area contributed by atoms with Gasteiger partial charge in [-0.3, -0.25) is 9.59 Å². The van der Waals surface area contributed by atoms with Crippen LogP contribution in [0.1, 0.15) is 59.4 Å². The van der Waals surface area contributed by atoms with Gasteiger partial charge in [0.15, 0.2) is 11.9 Å². The summed E-state index contributed by atoms with van der Waals surface area (Å²) in [4.78, 5) is 38.0. The van der Waals surface area contributed by atoms with Crippen LogP contribution in [0.2, 0.25) is 5.02 Å². The summed E-state index contributed by atoms with van der Waals surface area (Å²) in [5, 5.41) is 43.4. The SMILES string of the molecule is CCCC[C@@H](C)[C@H](O)[C@H](C)C(=O)/C(C)=C/C(OC)[C@@H](O)C(OCC)C(=O)N[C@H](Cc1ccc(O)c(Cl)c1)C(=O)O. The van der Waals surface area contributed by atoms with Gasteiger partial charge < -0.3 is 35.2 Å². The van der Waals surface area contributed by atoms with E-state index in [1.165, 1.54) is 31.4 Å². The highest BCUT2D eigenvalue weighted by molar-refractivity contribution is 6.32. The molecule has 0 aromatic heterocycles. The van der Waals surface area contributed by atoms with E-state index in [0.717, 1.165) is 19.3 Å². The molecular weight excluding hydrogens is 542 g/mol. The smallest absolute Gasteiger partial charge is 0.326 e. The number of carbonyl (C=O) groups is 3. The molecule has 1 amide bonds. The summed E-state index contributed by atoms with van der Waals surface area (Å²) in [6, 6.07) is 2.80. The van der Waals surface area contributed by atoms with Gasteiger partial charge in [0, 0.05) is 26.1 Å². The van der Waals surface area contributed by atoms with Gasteiger partial charge in [-0.2, -0.15) is 0 Å². The minimum Gasteiger partial charge on any atom is -0.506 e. The second-order valence-electron chi connectivity index (χ2n) is 10.1. The number of amides is 1. The third-order valence-corrected chi connectivity index (χ3v) is 7.22. The molecule has 2 unspecified atom stereocenters. The predicted molar refractivity (Wildman–Crippen MR) is 151 cm³/mol. The van der Waals surface area contributed by atoms with E-state index in [-0.39, 0.29) is 41.1 Å². The van der Waals surface area contributed by atoms with Crippen LogP contribution in [0.4, 0.5) is 0 Å². The molecule has 10 nitrogen and oxygen atoms in total. The number of phenolic OH excluding ortho intramolecular Hbond substituents is 1. The van der Waals surface area contributed by atoms with Crippen LogP contribution in [0, 0.1) is 11.8 Å². The first-order valence-corrected chi connectivity index (χ1v) is 13.9. The van der Waals surface area contributed by atoms with E-state index < -0.39 is 48.3 Å². The zero-order valence-corrected chi connectivity index (χ0v) is 24.9. The van der Waals surface area contributed by atoms with Crippen molar-refractivity contribution < 1.29 is 44.3 Å². The number of phenols is 1. The highest BCUT2D eigenvalue weighted by Crippen LogP contribution is 2.25. The van der Waals surface area contributed by atoms with E-state index in [2.05, 4.69) is 12.2 Å². The van der Waals surface area contributed by atoms with Crippen LogP contribution in [0.25, 0.3) is 0 Å². The van der Waals surface area contributed by atoms with Crippen LogP contribution in [0.15, 0.2) is 29.8 Å². The third-order valence-electron chi connectivity index (χ3n) is 6.91. The van der Waals surface area contributed by atoms with E-state index in [4.69, 9.17) is 21.1 Å². The molecule has 1 rings (SSSR count). The molecule has 0 saturated carbocycles. The van der Waals surface area contributed by atoms with Crippen LogP contribution >= 0.6 is 11.6 Å². The molecule has 0 aliphatic rings. The van der Waals surface area contributed by atoms with Crippen molar-refractivity contribution in [1.82, 2.24) is 5.32 Å². The highest BCUT2D eigenvalue weighted by atomic mass is 35.5. The summed E-state index contributed by atoms with van der Waals surface area (Å²) in [5.41, 5.74) is 0.694. The number of benzene rings is 1. The number of aromatic hydroxyl groups is 1. The molecular formula is C29H44ClNO9. The zero-order valence-electron chi connectivity index (χ0n) is 24.1. The average Bonchev–Trinajstić information content (AvgIpc) is 2.92. The Hall–Kier alpha value is -2.50. The monoisotopic (exact) mass is 585 g/mol. The van der Waals surface area contributed by atoms with Crippen molar-refractivity contribution >= 4 is 29.3 Å². The molecule has 0 saturated heterocycles. The number of nitrogens with one attached hydrogen (secondary N) is 1. The van der Waals surface area contributed by atoms with Crippen molar-refractivity contribution in [3.8, 4) is 5.75 Å². The number of allylic oxidation sites excluding steroid dienone is 1. The Morgan fingerprint density at radius 3 is 2.30 bits per heavy atom. The van der Waals surface area contributed by atoms with Crippen molar-refractivity contribution in [3.05, 3.63) is 40.4 Å². The summed E-state index contributed by atoms with van der Waals surface area (Å²) < 4.78 is 10.8. The Balaban J connectivity index is 3.07. The molecule has 0 fully saturated rings. The number of aliphatic hydroxyl groups excluding tert-OH is 2. The van der Waals surface area contributed by atoms with E-state index >= 15 is 0 Å². The Labute approximate surface area is 241 Å². The first-order chi connectivity index (χ1) is 18.8. The molecule has 7 atom stereocenters. The molecule has 40 heavy (non-hydrogen) atoms. The fourth-order valence-corrected chi connectivity index (χ4v) is 4.59. The summed E-state index contributed by atoms with van der Waals surface area (Å²) in [7, 11) is 1.29. The van der Waals surface area contributed by atoms with Crippen LogP contribution in [-0.4, -0.2) is 82.3 Å². The second-order valence-corrected chi connectivity index (χ2v) is 10.5. The summed E-state index contributed by atoms with van der Waals surface area (Å²) >= 11 is 5.91. The molecule has 1 aromatic carbocycles. The summed E-state index contributed by atoms with van der Waals surface area (Å²) in [6.45, 7) is 8.78. The quantitative estimate of drug-likeness (QED) is 0.163. The van der Waals surface area contributed by atoms with Gasteiger partial charge in [-0.1, -0.05) is 51.3 Å². The minimum atomic E-state index is -1.59. The third kappa shape index (κ3) is 10.5. The lowest BCUT2D eigenvalue weighted by Crippen LogP contribution is -2.53. The molecule has 0 bridgehead atoms. The van der Waals surface area contributed by atoms with Gasteiger partial charge in [0.25, 0.3) is 5.91 Å². The maximum Gasteiger partial charge on any atom is 0.326 e. The molecule has 0 spiro atoms. The highest BCUT2D eigenvalue weighted by Gasteiger charge is 2.36. The summed E-state index contributed by atoms with van der Waals surface area (Å²) in [5.74, 6) is -3.45. The lowest BCUT2D eigenvalue weighted by molar-refractivity contribution is -0.151. The first kappa shape index (κ1) is 35.5. The number of halogens is 1. The maximum absolute atomic E-state index is 13.1. The first-order valence-electron chi connectivity index (χ1n) is 13.5. The topological polar surface area (TPSA) is 163 Å². The molecule has 0 heterocycles. The van der Waals surface area contributed by atoms with Crippen molar-refractivity contribution in [2.24, 2.45) is 11.8 Å². The lowest BCUT2D eigenvalue weighted by Gasteiger charge is -2.28. The Morgan fingerprint density at radius 1 is 1.12 bits per heavy atom. The van der Waals surface area contributed by atoms with Crippen LogP contribution in [-0.2, 0) is 30.3 Å². The van der Waals surface area contributed by atoms with Gasteiger partial charge >= 0.3 is 5.97 Å². The Bertz CT molecular complexity index is 1020. The molecule has 0 radical (unpaired) electrons. The second kappa shape index (κ2) is 17.3. The normalized spacial score (nSPS) is 17.3. The molecule has 5 N–H and O–H groups in total. The van der Waals surface area contributed by atoms with E-state index in [9.17, 15) is 34.8 Å². The van der Waals surface area contributed by atoms with Crippen molar-refractivity contribution in [1.29, 1.82) is 0 Å². The van der Waals surface area contributed by atoms with E-state index in [0.29, 0.717) is 5.56 Å². The molecule has 1 aromatic rings. The minimum absolute atomic E-state index is 0.0252. The van der Waals surface area contributed by atoms with Gasteiger partial charge in [-0.25, -0.2) is 4.79 Å². The van der Waals surface area contributed by atoms with E-state index in [1.807, 2.05) is 6.92 Å². The number of carboxylic acid groups (broad SMARTS) is 1. The van der Waals surface area contributed by atoms with Crippen molar-refractivity contribution in [2.45, 2.75) is 90.8 Å². The van der Waals surface area contributed by atoms with Crippen LogP contribution in [0.5, 0.6) is 5.75 Å². The Kier molecular flexibility index (Phi) is 15.4. The number of carbonyl (C=O) groups excluding carboxylic acids is 2. The van der Waals surface area contributed by atoms with Gasteiger partial charge in [0.05, 0.1) is 11.1 Å². The van der Waals surface area contributed by atoms with Gasteiger partial charge in [-0.05, 0) is 55.5 Å². The predicted octanol–water partition coefficient (Wildman–Crippen LogP) is 3.28. The number of unbranched alkanes of at least 4 members (excludes halogenated alkanes) is 1. The van der Waals surface area contributed by atoms with E-state index in [1.54, 1.807) is 20.8 Å². The summed E-state index contributed by atoms with van der Waals surface area (Å²) in [6.07, 6.45) is -1.14. The number of Topliss-reactive ketones (excluding diaryl/α,β-unsaturated/α-hetero) is 1. The number of carboxylic acids is 1. The number of aliphatic carboxylic acids is 1. The van der Waals surface area contributed by atoms with Gasteiger partial charge in [0.1, 0.15) is 24.0 Å². The number of ketones is 1. The van der Waals surface area contributed by atoms with Crippen LogP contribution < -0.4 is 5.32 Å².